The predicted molar refractivity (Wildman–Crippen MR) is 54.7 cm³/mol. The second-order valence-electron chi connectivity index (χ2n) is 3.32. The molecule has 0 amide bonds. The quantitative estimate of drug-likeness (QED) is 0.499. The molecule has 1 fully saturated rings. The van der Waals surface area contributed by atoms with Gasteiger partial charge in [-0.1, -0.05) is 0 Å². The molecule has 5 heteroatoms. The highest BCUT2D eigenvalue weighted by atomic mass is 16.6. The topological polar surface area (TPSA) is 56.8 Å². The maximum Gasteiger partial charge on any atom is 0.308 e. The summed E-state index contributed by atoms with van der Waals surface area (Å²) in [7, 11) is 0. The average Bonchev–Trinajstić information content (AvgIpc) is 2.26. The molecule has 0 radical (unpaired) electrons. The first-order valence-electron chi connectivity index (χ1n) is 5.38. The maximum absolute atomic E-state index is 11.3. The molecule has 1 unspecified atom stereocenters. The van der Waals surface area contributed by atoms with E-state index in [1.807, 2.05) is 6.92 Å². The number of rotatable bonds is 6. The molecule has 0 spiro atoms. The monoisotopic (exact) mass is 217 g/mol. The molecule has 1 rings (SSSR count). The van der Waals surface area contributed by atoms with Crippen LogP contribution in [0.4, 0.5) is 0 Å². The van der Waals surface area contributed by atoms with Crippen LogP contribution < -0.4 is 5.32 Å². The third-order valence-electron chi connectivity index (χ3n) is 2.09. The van der Waals surface area contributed by atoms with Crippen LogP contribution in [0.15, 0.2) is 0 Å². The van der Waals surface area contributed by atoms with Crippen LogP contribution in [0.2, 0.25) is 0 Å². The van der Waals surface area contributed by atoms with Crippen molar-refractivity contribution in [2.45, 2.75) is 19.4 Å². The van der Waals surface area contributed by atoms with Crippen molar-refractivity contribution in [1.29, 1.82) is 0 Å². The van der Waals surface area contributed by atoms with Gasteiger partial charge in [0.25, 0.3) is 0 Å². The molecule has 0 saturated carbocycles. The van der Waals surface area contributed by atoms with E-state index in [0.29, 0.717) is 32.8 Å². The van der Waals surface area contributed by atoms with Crippen molar-refractivity contribution in [3.63, 3.8) is 0 Å². The molecular formula is C10H19NO4. The van der Waals surface area contributed by atoms with E-state index in [0.717, 1.165) is 13.1 Å². The molecule has 1 atom stereocenters. The highest BCUT2D eigenvalue weighted by Gasteiger charge is 2.17. The Bertz CT molecular complexity index is 180. The van der Waals surface area contributed by atoms with E-state index in [2.05, 4.69) is 5.32 Å². The molecule has 1 saturated heterocycles. The zero-order valence-corrected chi connectivity index (χ0v) is 9.16. The van der Waals surface area contributed by atoms with Gasteiger partial charge in [0.2, 0.25) is 0 Å². The van der Waals surface area contributed by atoms with Gasteiger partial charge in [-0.05, 0) is 6.92 Å². The summed E-state index contributed by atoms with van der Waals surface area (Å²) in [5.74, 6) is -0.219. The van der Waals surface area contributed by atoms with Crippen LogP contribution >= 0.6 is 0 Å². The van der Waals surface area contributed by atoms with E-state index in [-0.39, 0.29) is 12.1 Å². The highest BCUT2D eigenvalue weighted by Crippen LogP contribution is 2.02. The summed E-state index contributed by atoms with van der Waals surface area (Å²) >= 11 is 0. The first-order valence-corrected chi connectivity index (χ1v) is 5.38. The lowest BCUT2D eigenvalue weighted by atomic mass is 10.2. The van der Waals surface area contributed by atoms with Gasteiger partial charge in [0.05, 0.1) is 25.7 Å². The minimum atomic E-state index is -0.219. The zero-order valence-electron chi connectivity index (χ0n) is 9.16. The Kier molecular flexibility index (Phi) is 6.31. The Morgan fingerprint density at radius 1 is 1.53 bits per heavy atom. The Morgan fingerprint density at radius 3 is 3.07 bits per heavy atom. The third-order valence-corrected chi connectivity index (χ3v) is 2.09. The summed E-state index contributed by atoms with van der Waals surface area (Å²) in [4.78, 5) is 11.3. The molecular weight excluding hydrogens is 198 g/mol. The Morgan fingerprint density at radius 2 is 2.40 bits per heavy atom. The number of carbonyl (C=O) groups excluding carboxylic acids is 1. The lowest BCUT2D eigenvalue weighted by Gasteiger charge is -2.22. The molecule has 15 heavy (non-hydrogen) atoms. The summed E-state index contributed by atoms with van der Waals surface area (Å²) in [5, 5.41) is 3.16. The van der Waals surface area contributed by atoms with Gasteiger partial charge >= 0.3 is 5.97 Å². The molecule has 0 aromatic rings. The minimum Gasteiger partial charge on any atom is -0.463 e. The molecule has 1 heterocycles. The van der Waals surface area contributed by atoms with Crippen molar-refractivity contribution >= 4 is 5.97 Å². The lowest BCUT2D eigenvalue weighted by Crippen LogP contribution is -2.39. The van der Waals surface area contributed by atoms with Crippen LogP contribution in [0, 0.1) is 0 Å². The number of hydrogen-bond acceptors (Lipinski definition) is 5. The lowest BCUT2D eigenvalue weighted by molar-refractivity contribution is -0.148. The largest absolute Gasteiger partial charge is 0.463 e. The van der Waals surface area contributed by atoms with Crippen LogP contribution in [-0.2, 0) is 19.0 Å². The van der Waals surface area contributed by atoms with E-state index in [1.54, 1.807) is 0 Å². The first-order chi connectivity index (χ1) is 7.33. The Balaban J connectivity index is 2.01. The fourth-order valence-electron chi connectivity index (χ4n) is 1.35. The summed E-state index contributed by atoms with van der Waals surface area (Å²) in [5.41, 5.74) is 0. The molecule has 88 valence electrons. The van der Waals surface area contributed by atoms with Gasteiger partial charge in [0, 0.05) is 19.7 Å². The van der Waals surface area contributed by atoms with Crippen LogP contribution in [0.5, 0.6) is 0 Å². The van der Waals surface area contributed by atoms with Gasteiger partial charge in [-0.3, -0.25) is 4.79 Å². The SMILES string of the molecule is CCOCCOC(=O)CC1CNCCO1. The number of esters is 1. The molecule has 0 aliphatic carbocycles. The van der Waals surface area contributed by atoms with Gasteiger partial charge in [-0.25, -0.2) is 0 Å². The van der Waals surface area contributed by atoms with Crippen molar-refractivity contribution in [1.82, 2.24) is 5.32 Å². The van der Waals surface area contributed by atoms with Crippen molar-refractivity contribution in [2.24, 2.45) is 0 Å². The predicted octanol–water partition coefficient (Wildman–Crippen LogP) is -0.0554. The standard InChI is InChI=1S/C10H19NO4/c1-2-13-5-6-15-10(12)7-9-8-11-3-4-14-9/h9,11H,2-8H2,1H3. The maximum atomic E-state index is 11.3. The summed E-state index contributed by atoms with van der Waals surface area (Å²) in [6.45, 7) is 5.59. The summed E-state index contributed by atoms with van der Waals surface area (Å²) in [6, 6.07) is 0. The van der Waals surface area contributed by atoms with Crippen LogP contribution in [0.1, 0.15) is 13.3 Å². The fourth-order valence-corrected chi connectivity index (χ4v) is 1.35. The Hall–Kier alpha value is -0.650. The van der Waals surface area contributed by atoms with Gasteiger partial charge in [0.15, 0.2) is 0 Å². The first kappa shape index (κ1) is 12.4. The normalized spacial score (nSPS) is 21.3. The van der Waals surface area contributed by atoms with Crippen molar-refractivity contribution in [2.75, 3.05) is 39.5 Å². The third kappa shape index (κ3) is 5.71. The van der Waals surface area contributed by atoms with Crippen molar-refractivity contribution in [3.8, 4) is 0 Å². The van der Waals surface area contributed by atoms with Gasteiger partial charge in [-0.15, -0.1) is 0 Å². The molecule has 1 N–H and O–H groups in total. The van der Waals surface area contributed by atoms with Crippen LogP contribution in [0.25, 0.3) is 0 Å². The van der Waals surface area contributed by atoms with Gasteiger partial charge < -0.3 is 19.5 Å². The minimum absolute atomic E-state index is 0.0432. The second kappa shape index (κ2) is 7.62. The van der Waals surface area contributed by atoms with Crippen LogP contribution in [0.3, 0.4) is 0 Å². The van der Waals surface area contributed by atoms with E-state index < -0.39 is 0 Å². The molecule has 1 aliphatic rings. The molecule has 1 aliphatic heterocycles. The summed E-state index contributed by atoms with van der Waals surface area (Å²) in [6.07, 6.45) is 0.275. The van der Waals surface area contributed by atoms with Crippen molar-refractivity contribution < 1.29 is 19.0 Å². The number of ether oxygens (including phenoxy) is 3. The van der Waals surface area contributed by atoms with Crippen LogP contribution in [-0.4, -0.2) is 51.6 Å². The number of morpholine rings is 1. The average molecular weight is 217 g/mol. The number of hydrogen-bond donors (Lipinski definition) is 1. The number of nitrogens with one attached hydrogen (secondary N) is 1. The summed E-state index contributed by atoms with van der Waals surface area (Å²) < 4.78 is 15.4. The fraction of sp³-hybridized carbons (Fsp3) is 0.900. The van der Waals surface area contributed by atoms with E-state index in [9.17, 15) is 4.79 Å². The highest BCUT2D eigenvalue weighted by molar-refractivity contribution is 5.70. The zero-order chi connectivity index (χ0) is 10.9. The number of carbonyl (C=O) groups is 1. The molecule has 5 nitrogen and oxygen atoms in total. The van der Waals surface area contributed by atoms with Gasteiger partial charge in [0.1, 0.15) is 6.61 Å². The second-order valence-corrected chi connectivity index (χ2v) is 3.32. The van der Waals surface area contributed by atoms with E-state index in [4.69, 9.17) is 14.2 Å². The molecule has 0 aromatic heterocycles. The van der Waals surface area contributed by atoms with Crippen molar-refractivity contribution in [3.05, 3.63) is 0 Å². The molecule has 0 bridgehead atoms. The molecule has 0 aromatic carbocycles. The van der Waals surface area contributed by atoms with E-state index in [1.165, 1.54) is 0 Å². The van der Waals surface area contributed by atoms with Gasteiger partial charge in [-0.2, -0.15) is 0 Å². The Labute approximate surface area is 90.1 Å². The smallest absolute Gasteiger partial charge is 0.308 e. The van der Waals surface area contributed by atoms with E-state index >= 15 is 0 Å².